The number of allylic oxidation sites excluding steroid dienone is 1. The van der Waals surface area contributed by atoms with E-state index in [2.05, 4.69) is 0 Å². The van der Waals surface area contributed by atoms with E-state index >= 15 is 0 Å². The van der Waals surface area contributed by atoms with E-state index in [-0.39, 0.29) is 5.73 Å². The lowest BCUT2D eigenvalue weighted by atomic mass is 9.83. The number of rotatable bonds is 2. The summed E-state index contributed by atoms with van der Waals surface area (Å²) in [6.07, 6.45) is 0. The molecule has 4 heteroatoms. The normalized spacial score (nSPS) is 20.7. The molecule has 2 aromatic rings. The maximum absolute atomic E-state index is 14.9. The van der Waals surface area contributed by atoms with Crippen molar-refractivity contribution in [3.05, 3.63) is 53.8 Å². The van der Waals surface area contributed by atoms with Gasteiger partial charge in [-0.1, -0.05) is 36.4 Å². The number of fused-ring (bicyclic) bond motifs is 1. The van der Waals surface area contributed by atoms with Crippen molar-refractivity contribution in [3.63, 3.8) is 0 Å². The molecule has 1 aliphatic rings. The van der Waals surface area contributed by atoms with E-state index in [4.69, 9.17) is 9.31 Å². The van der Waals surface area contributed by atoms with Crippen molar-refractivity contribution >= 4 is 23.5 Å². The van der Waals surface area contributed by atoms with Gasteiger partial charge in [0.05, 0.1) is 11.2 Å². The van der Waals surface area contributed by atoms with Crippen LogP contribution in [0.2, 0.25) is 0 Å². The standard InChI is InChI=1S/C19H22BFO2/c1-13(15-11-10-14-8-6-7-9-16(14)12-15)17(21)20-22-18(2,3)19(4,5)23-20/h6-12H,1-5H3. The fourth-order valence-electron chi connectivity index (χ4n) is 2.68. The van der Waals surface area contributed by atoms with Crippen molar-refractivity contribution in [3.8, 4) is 0 Å². The summed E-state index contributed by atoms with van der Waals surface area (Å²) < 4.78 is 26.5. The molecule has 1 saturated heterocycles. The maximum Gasteiger partial charge on any atom is 0.525 e. The van der Waals surface area contributed by atoms with E-state index in [1.165, 1.54) is 0 Å². The van der Waals surface area contributed by atoms with Gasteiger partial charge >= 0.3 is 7.12 Å². The summed E-state index contributed by atoms with van der Waals surface area (Å²) in [4.78, 5) is 0. The topological polar surface area (TPSA) is 18.5 Å². The summed E-state index contributed by atoms with van der Waals surface area (Å²) in [6.45, 7) is 9.46. The summed E-state index contributed by atoms with van der Waals surface area (Å²) >= 11 is 0. The zero-order valence-corrected chi connectivity index (χ0v) is 14.3. The van der Waals surface area contributed by atoms with E-state index in [1.54, 1.807) is 6.92 Å². The quantitative estimate of drug-likeness (QED) is 0.712. The third-order valence-electron chi connectivity index (χ3n) is 5.00. The van der Waals surface area contributed by atoms with Crippen LogP contribution in [-0.2, 0) is 9.31 Å². The van der Waals surface area contributed by atoms with Gasteiger partial charge < -0.3 is 9.31 Å². The number of benzene rings is 2. The zero-order chi connectivity index (χ0) is 16.8. The van der Waals surface area contributed by atoms with Crippen molar-refractivity contribution in [2.75, 3.05) is 0 Å². The zero-order valence-electron chi connectivity index (χ0n) is 14.3. The van der Waals surface area contributed by atoms with Gasteiger partial charge in [-0.05, 0) is 62.6 Å². The van der Waals surface area contributed by atoms with Gasteiger partial charge in [0.15, 0.2) is 0 Å². The third kappa shape index (κ3) is 2.82. The van der Waals surface area contributed by atoms with E-state index in [9.17, 15) is 4.39 Å². The van der Waals surface area contributed by atoms with Gasteiger partial charge in [0, 0.05) is 0 Å². The largest absolute Gasteiger partial charge is 0.525 e. The predicted molar refractivity (Wildman–Crippen MR) is 93.7 cm³/mol. The molecule has 0 aliphatic carbocycles. The predicted octanol–water partition coefficient (Wildman–Crippen LogP) is 5.17. The number of halogens is 1. The Kier molecular flexibility index (Phi) is 3.85. The van der Waals surface area contributed by atoms with Crippen LogP contribution in [0.25, 0.3) is 16.3 Å². The third-order valence-corrected chi connectivity index (χ3v) is 5.00. The Labute approximate surface area is 137 Å². The van der Waals surface area contributed by atoms with Gasteiger partial charge in [0.2, 0.25) is 0 Å². The molecule has 0 N–H and O–H groups in total. The number of hydrogen-bond acceptors (Lipinski definition) is 2. The highest BCUT2D eigenvalue weighted by Crippen LogP contribution is 2.40. The van der Waals surface area contributed by atoms with Crippen molar-refractivity contribution in [2.24, 2.45) is 0 Å². The summed E-state index contributed by atoms with van der Waals surface area (Å²) in [5.74, 6) is 0. The summed E-state index contributed by atoms with van der Waals surface area (Å²) in [6, 6.07) is 14.0. The Bertz CT molecular complexity index is 764. The first-order chi connectivity index (χ1) is 10.7. The van der Waals surface area contributed by atoms with Gasteiger partial charge in [-0.25, -0.2) is 4.39 Å². The molecule has 1 aliphatic heterocycles. The molecule has 2 aromatic carbocycles. The molecule has 0 aromatic heterocycles. The molecule has 3 rings (SSSR count). The summed E-state index contributed by atoms with van der Waals surface area (Å²) in [5.41, 5.74) is -0.0544. The van der Waals surface area contributed by atoms with Crippen LogP contribution in [0, 0.1) is 0 Å². The molecular weight excluding hydrogens is 290 g/mol. The second kappa shape index (κ2) is 5.46. The highest BCUT2D eigenvalue weighted by molar-refractivity contribution is 6.55. The lowest BCUT2D eigenvalue weighted by Crippen LogP contribution is -2.41. The van der Waals surface area contributed by atoms with Gasteiger partial charge in [-0.15, -0.1) is 0 Å². The first-order valence-corrected chi connectivity index (χ1v) is 7.92. The van der Waals surface area contributed by atoms with Crippen LogP contribution in [0.3, 0.4) is 0 Å². The minimum Gasteiger partial charge on any atom is -0.398 e. The number of hydrogen-bond donors (Lipinski definition) is 0. The minimum atomic E-state index is -0.952. The van der Waals surface area contributed by atoms with Gasteiger partial charge in [-0.3, -0.25) is 0 Å². The Morgan fingerprint density at radius 1 is 0.913 bits per heavy atom. The van der Waals surface area contributed by atoms with Crippen molar-refractivity contribution in [1.82, 2.24) is 0 Å². The molecular formula is C19H22BFO2. The first kappa shape index (κ1) is 16.2. The monoisotopic (exact) mass is 312 g/mol. The van der Waals surface area contributed by atoms with Crippen molar-refractivity contribution in [1.29, 1.82) is 0 Å². The maximum atomic E-state index is 14.9. The molecule has 0 saturated carbocycles. The van der Waals surface area contributed by atoms with Crippen molar-refractivity contribution < 1.29 is 13.7 Å². The average Bonchev–Trinajstić information content (AvgIpc) is 2.73. The van der Waals surface area contributed by atoms with Crippen LogP contribution in [0.4, 0.5) is 4.39 Å². The molecule has 0 radical (unpaired) electrons. The van der Waals surface area contributed by atoms with Crippen LogP contribution >= 0.6 is 0 Å². The van der Waals surface area contributed by atoms with E-state index < -0.39 is 18.3 Å². The van der Waals surface area contributed by atoms with E-state index in [0.717, 1.165) is 16.3 Å². The Morgan fingerprint density at radius 2 is 1.48 bits per heavy atom. The molecule has 1 fully saturated rings. The van der Waals surface area contributed by atoms with Crippen LogP contribution in [-0.4, -0.2) is 18.3 Å². The second-order valence-corrected chi connectivity index (χ2v) is 7.12. The molecule has 0 atom stereocenters. The average molecular weight is 312 g/mol. The van der Waals surface area contributed by atoms with E-state index in [0.29, 0.717) is 5.57 Å². The summed E-state index contributed by atoms with van der Waals surface area (Å²) in [5, 5.41) is 2.23. The van der Waals surface area contributed by atoms with Crippen LogP contribution < -0.4 is 0 Å². The smallest absolute Gasteiger partial charge is 0.398 e. The van der Waals surface area contributed by atoms with Gasteiger partial charge in [-0.2, -0.15) is 0 Å². The second-order valence-electron chi connectivity index (χ2n) is 7.12. The van der Waals surface area contributed by atoms with Crippen molar-refractivity contribution in [2.45, 2.75) is 45.8 Å². The van der Waals surface area contributed by atoms with Crippen LogP contribution in [0.15, 0.2) is 48.2 Å². The van der Waals surface area contributed by atoms with Crippen LogP contribution in [0.1, 0.15) is 40.2 Å². The lowest BCUT2D eigenvalue weighted by Gasteiger charge is -2.32. The Hall–Kier alpha value is -1.65. The first-order valence-electron chi connectivity index (χ1n) is 7.92. The molecule has 23 heavy (non-hydrogen) atoms. The fourth-order valence-corrected chi connectivity index (χ4v) is 2.68. The van der Waals surface area contributed by atoms with E-state index in [1.807, 2.05) is 70.2 Å². The fraction of sp³-hybridized carbons (Fsp3) is 0.368. The highest BCUT2D eigenvalue weighted by atomic mass is 19.1. The molecule has 120 valence electrons. The molecule has 0 amide bonds. The molecule has 0 spiro atoms. The Morgan fingerprint density at radius 3 is 2.09 bits per heavy atom. The van der Waals surface area contributed by atoms with Gasteiger partial charge in [0.25, 0.3) is 0 Å². The molecule has 0 unspecified atom stereocenters. The Balaban J connectivity index is 1.96. The lowest BCUT2D eigenvalue weighted by molar-refractivity contribution is 0.00578. The SMILES string of the molecule is CC(=C(F)B1OC(C)(C)C(C)(C)O1)c1ccc2ccccc2c1. The molecule has 2 nitrogen and oxygen atoms in total. The van der Waals surface area contributed by atoms with Crippen LogP contribution in [0.5, 0.6) is 0 Å². The molecule has 1 heterocycles. The minimum absolute atomic E-state index is 0.362. The molecule has 0 bridgehead atoms. The van der Waals surface area contributed by atoms with Gasteiger partial charge in [0.1, 0.15) is 5.73 Å². The highest BCUT2D eigenvalue weighted by Gasteiger charge is 2.53. The summed E-state index contributed by atoms with van der Waals surface area (Å²) in [7, 11) is -0.952.